The average molecular weight is 304 g/mol. The van der Waals surface area contributed by atoms with Crippen LogP contribution in [-0.4, -0.2) is 4.98 Å². The molecule has 0 bridgehead atoms. The first-order chi connectivity index (χ1) is 9.81. The van der Waals surface area contributed by atoms with E-state index in [0.717, 1.165) is 16.9 Å². The van der Waals surface area contributed by atoms with E-state index in [-0.39, 0.29) is 5.41 Å². The number of halogens is 1. The fraction of sp³-hybridized carbons (Fsp3) is 0.389. The van der Waals surface area contributed by atoms with Gasteiger partial charge in [0.05, 0.1) is 0 Å². The molecule has 2 nitrogen and oxygen atoms in total. The lowest BCUT2D eigenvalue weighted by molar-refractivity contribution is 0.436. The molecular weight excluding hydrogens is 282 g/mol. The maximum absolute atomic E-state index is 6.09. The highest BCUT2D eigenvalue weighted by molar-refractivity contribution is 6.17. The molecule has 0 aliphatic carbocycles. The van der Waals surface area contributed by atoms with Gasteiger partial charge in [0.1, 0.15) is 5.75 Å². The second-order valence-electron chi connectivity index (χ2n) is 6.45. The molecule has 1 heterocycles. The predicted octanol–water partition coefficient (Wildman–Crippen LogP) is 5.53. The van der Waals surface area contributed by atoms with Crippen LogP contribution in [0.25, 0.3) is 0 Å². The Hall–Kier alpha value is -1.54. The Kier molecular flexibility index (Phi) is 4.58. The Balaban J connectivity index is 2.41. The number of aromatic nitrogens is 1. The minimum absolute atomic E-state index is 0.0209. The minimum Gasteiger partial charge on any atom is -0.438 e. The predicted molar refractivity (Wildman–Crippen MR) is 88.5 cm³/mol. The molecule has 0 unspecified atom stereocenters. The quantitative estimate of drug-likeness (QED) is 0.696. The van der Waals surface area contributed by atoms with Gasteiger partial charge in [-0.15, -0.1) is 11.6 Å². The van der Waals surface area contributed by atoms with Gasteiger partial charge in [-0.05, 0) is 42.5 Å². The summed E-state index contributed by atoms with van der Waals surface area (Å²) < 4.78 is 6.09. The first kappa shape index (κ1) is 15.8. The van der Waals surface area contributed by atoms with Crippen molar-refractivity contribution in [2.75, 3.05) is 0 Å². The molecule has 0 saturated carbocycles. The normalized spacial score (nSPS) is 11.5. The highest BCUT2D eigenvalue weighted by Gasteiger charge is 2.20. The zero-order valence-corrected chi connectivity index (χ0v) is 14.1. The minimum atomic E-state index is 0.0209. The number of rotatable bonds is 3. The molecule has 0 saturated heterocycles. The van der Waals surface area contributed by atoms with Crippen molar-refractivity contribution in [3.63, 3.8) is 0 Å². The molecule has 21 heavy (non-hydrogen) atoms. The fourth-order valence-corrected chi connectivity index (χ4v) is 2.38. The number of aryl methyl sites for hydroxylation is 2. The van der Waals surface area contributed by atoms with Crippen molar-refractivity contribution in [3.8, 4) is 11.6 Å². The van der Waals surface area contributed by atoms with Crippen LogP contribution in [0.4, 0.5) is 0 Å². The van der Waals surface area contributed by atoms with Crippen LogP contribution < -0.4 is 4.74 Å². The third-order valence-corrected chi connectivity index (χ3v) is 3.70. The van der Waals surface area contributed by atoms with Gasteiger partial charge in [0.2, 0.25) is 5.88 Å². The van der Waals surface area contributed by atoms with E-state index in [1.54, 1.807) is 6.20 Å². The molecule has 2 aromatic rings. The van der Waals surface area contributed by atoms with Gasteiger partial charge in [0, 0.05) is 23.2 Å². The van der Waals surface area contributed by atoms with Crippen LogP contribution in [0.5, 0.6) is 11.6 Å². The Morgan fingerprint density at radius 1 is 1.14 bits per heavy atom. The molecule has 0 radical (unpaired) electrons. The summed E-state index contributed by atoms with van der Waals surface area (Å²) in [4.78, 5) is 4.39. The van der Waals surface area contributed by atoms with Crippen molar-refractivity contribution < 1.29 is 4.74 Å². The number of benzene rings is 1. The monoisotopic (exact) mass is 303 g/mol. The number of ether oxygens (including phenoxy) is 1. The zero-order valence-electron chi connectivity index (χ0n) is 13.3. The second kappa shape index (κ2) is 6.07. The summed E-state index contributed by atoms with van der Waals surface area (Å²) in [6.07, 6.45) is 1.77. The number of pyridine rings is 1. The second-order valence-corrected chi connectivity index (χ2v) is 6.72. The van der Waals surface area contributed by atoms with Crippen molar-refractivity contribution in [2.45, 2.75) is 45.9 Å². The molecule has 1 aromatic carbocycles. The van der Waals surface area contributed by atoms with E-state index in [1.165, 1.54) is 11.1 Å². The van der Waals surface area contributed by atoms with E-state index >= 15 is 0 Å². The smallest absolute Gasteiger partial charge is 0.222 e. The summed E-state index contributed by atoms with van der Waals surface area (Å²) in [7, 11) is 0. The van der Waals surface area contributed by atoms with Gasteiger partial charge in [-0.1, -0.05) is 32.9 Å². The van der Waals surface area contributed by atoms with Crippen LogP contribution in [0.15, 0.2) is 30.5 Å². The fourth-order valence-electron chi connectivity index (χ4n) is 2.24. The van der Waals surface area contributed by atoms with Gasteiger partial charge in [-0.25, -0.2) is 4.98 Å². The van der Waals surface area contributed by atoms with E-state index in [9.17, 15) is 0 Å². The van der Waals surface area contributed by atoms with Crippen LogP contribution >= 0.6 is 11.6 Å². The van der Waals surface area contributed by atoms with E-state index < -0.39 is 0 Å². The molecule has 0 fully saturated rings. The van der Waals surface area contributed by atoms with E-state index in [2.05, 4.69) is 50.9 Å². The number of hydrogen-bond acceptors (Lipinski definition) is 2. The van der Waals surface area contributed by atoms with Crippen LogP contribution in [0.1, 0.15) is 43.0 Å². The van der Waals surface area contributed by atoms with Gasteiger partial charge in [0.25, 0.3) is 0 Å². The molecule has 112 valence electrons. The van der Waals surface area contributed by atoms with Gasteiger partial charge in [0.15, 0.2) is 0 Å². The lowest BCUT2D eigenvalue weighted by atomic mass is 9.86. The van der Waals surface area contributed by atoms with Crippen LogP contribution in [-0.2, 0) is 11.3 Å². The molecule has 2 rings (SSSR count). The van der Waals surface area contributed by atoms with Crippen LogP contribution in [0.2, 0.25) is 0 Å². The maximum atomic E-state index is 6.09. The van der Waals surface area contributed by atoms with Crippen LogP contribution in [0, 0.1) is 13.8 Å². The maximum Gasteiger partial charge on any atom is 0.222 e. The lowest BCUT2D eigenvalue weighted by Gasteiger charge is -2.23. The summed E-state index contributed by atoms with van der Waals surface area (Å²) in [5.74, 6) is 1.97. The van der Waals surface area contributed by atoms with Gasteiger partial charge in [-0.3, -0.25) is 0 Å². The third-order valence-electron chi connectivity index (χ3n) is 3.39. The topological polar surface area (TPSA) is 22.1 Å². The van der Waals surface area contributed by atoms with Crippen molar-refractivity contribution in [1.29, 1.82) is 0 Å². The third kappa shape index (κ3) is 3.76. The molecule has 0 N–H and O–H groups in total. The molecule has 0 spiro atoms. The summed E-state index contributed by atoms with van der Waals surface area (Å²) in [5.41, 5.74) is 4.37. The highest BCUT2D eigenvalue weighted by atomic mass is 35.5. The largest absolute Gasteiger partial charge is 0.438 e. The van der Waals surface area contributed by atoms with Crippen molar-refractivity contribution in [3.05, 3.63) is 52.7 Å². The standard InChI is InChI=1S/C18H22ClNO/c1-12-6-7-15(18(3,4)5)16(8-12)21-17-13(2)9-14(10-19)11-20-17/h6-9,11H,10H2,1-5H3. The zero-order chi connectivity index (χ0) is 15.6. The lowest BCUT2D eigenvalue weighted by Crippen LogP contribution is -2.13. The number of alkyl halides is 1. The van der Waals surface area contributed by atoms with E-state index in [1.807, 2.05) is 13.0 Å². The molecule has 0 aliphatic heterocycles. The van der Waals surface area contributed by atoms with Gasteiger partial charge in [-0.2, -0.15) is 0 Å². The molecule has 1 aromatic heterocycles. The van der Waals surface area contributed by atoms with Crippen molar-refractivity contribution >= 4 is 11.6 Å². The molecule has 0 amide bonds. The highest BCUT2D eigenvalue weighted by Crippen LogP contribution is 2.35. The number of hydrogen-bond donors (Lipinski definition) is 0. The summed E-state index contributed by atoms with van der Waals surface area (Å²) in [6, 6.07) is 8.33. The van der Waals surface area contributed by atoms with Crippen molar-refractivity contribution in [1.82, 2.24) is 4.98 Å². The SMILES string of the molecule is Cc1ccc(C(C)(C)C)c(Oc2ncc(CCl)cc2C)c1. The molecule has 3 heteroatoms. The van der Waals surface area contributed by atoms with E-state index in [4.69, 9.17) is 16.3 Å². The summed E-state index contributed by atoms with van der Waals surface area (Å²) in [6.45, 7) is 10.6. The Labute approximate surface area is 132 Å². The Morgan fingerprint density at radius 3 is 2.43 bits per heavy atom. The number of nitrogens with zero attached hydrogens (tertiary/aromatic N) is 1. The summed E-state index contributed by atoms with van der Waals surface area (Å²) in [5, 5.41) is 0. The van der Waals surface area contributed by atoms with E-state index in [0.29, 0.717) is 11.8 Å². The Morgan fingerprint density at radius 2 is 1.86 bits per heavy atom. The van der Waals surface area contributed by atoms with Gasteiger partial charge < -0.3 is 4.74 Å². The average Bonchev–Trinajstić information content (AvgIpc) is 2.39. The molecule has 0 atom stereocenters. The summed E-state index contributed by atoms with van der Waals surface area (Å²) >= 11 is 5.84. The molecular formula is C18H22ClNO. The first-order valence-corrected chi connectivity index (χ1v) is 7.65. The Bertz CT molecular complexity index is 644. The van der Waals surface area contributed by atoms with Crippen molar-refractivity contribution in [2.24, 2.45) is 0 Å². The molecule has 0 aliphatic rings. The van der Waals surface area contributed by atoms with Gasteiger partial charge >= 0.3 is 0 Å². The first-order valence-electron chi connectivity index (χ1n) is 7.11. The van der Waals surface area contributed by atoms with Crippen LogP contribution in [0.3, 0.4) is 0 Å².